The number of benzene rings is 1. The SMILES string of the molecule is Cc1ccc(-c2cc(C(F)(F)F)cc(Cl)n2)cc1C. The van der Waals surface area contributed by atoms with Gasteiger partial charge in [-0.15, -0.1) is 0 Å². The molecule has 0 aliphatic rings. The van der Waals surface area contributed by atoms with Gasteiger partial charge in [-0.1, -0.05) is 23.7 Å². The number of aromatic nitrogens is 1. The smallest absolute Gasteiger partial charge is 0.236 e. The summed E-state index contributed by atoms with van der Waals surface area (Å²) in [6.45, 7) is 3.83. The summed E-state index contributed by atoms with van der Waals surface area (Å²) < 4.78 is 38.2. The molecule has 100 valence electrons. The Morgan fingerprint density at radius 3 is 2.26 bits per heavy atom. The molecule has 0 aliphatic carbocycles. The second-order valence-electron chi connectivity index (χ2n) is 4.36. The van der Waals surface area contributed by atoms with Gasteiger partial charge in [-0.05, 0) is 43.2 Å². The van der Waals surface area contributed by atoms with Crippen LogP contribution in [-0.2, 0) is 6.18 Å². The van der Waals surface area contributed by atoms with Crippen molar-refractivity contribution in [1.29, 1.82) is 0 Å². The van der Waals surface area contributed by atoms with Crippen molar-refractivity contribution in [2.24, 2.45) is 0 Å². The lowest BCUT2D eigenvalue weighted by Gasteiger charge is -2.10. The van der Waals surface area contributed by atoms with Crippen molar-refractivity contribution in [3.63, 3.8) is 0 Å². The molecule has 0 N–H and O–H groups in total. The van der Waals surface area contributed by atoms with Crippen molar-refractivity contribution < 1.29 is 13.2 Å². The number of hydrogen-bond donors (Lipinski definition) is 0. The molecule has 0 bridgehead atoms. The minimum atomic E-state index is -4.43. The molecule has 0 amide bonds. The van der Waals surface area contributed by atoms with Crippen LogP contribution in [0, 0.1) is 13.8 Å². The average Bonchev–Trinajstić information content (AvgIpc) is 2.31. The third kappa shape index (κ3) is 3.07. The fourth-order valence-corrected chi connectivity index (χ4v) is 1.92. The summed E-state index contributed by atoms with van der Waals surface area (Å²) in [5.41, 5.74) is 2.12. The van der Waals surface area contributed by atoms with E-state index in [1.807, 2.05) is 19.9 Å². The Labute approximate surface area is 114 Å². The molecular formula is C14H11ClF3N. The van der Waals surface area contributed by atoms with E-state index in [4.69, 9.17) is 11.6 Å². The fourth-order valence-electron chi connectivity index (χ4n) is 1.71. The van der Waals surface area contributed by atoms with Gasteiger partial charge in [0.1, 0.15) is 5.15 Å². The predicted molar refractivity (Wildman–Crippen MR) is 69.2 cm³/mol. The highest BCUT2D eigenvalue weighted by molar-refractivity contribution is 6.29. The zero-order chi connectivity index (χ0) is 14.2. The van der Waals surface area contributed by atoms with E-state index in [9.17, 15) is 13.2 Å². The van der Waals surface area contributed by atoms with Gasteiger partial charge in [0.2, 0.25) is 0 Å². The lowest BCUT2D eigenvalue weighted by atomic mass is 10.0. The van der Waals surface area contributed by atoms with Crippen LogP contribution in [0.2, 0.25) is 5.15 Å². The number of rotatable bonds is 1. The largest absolute Gasteiger partial charge is 0.416 e. The molecule has 0 spiro atoms. The third-order valence-corrected chi connectivity index (χ3v) is 3.12. The second-order valence-corrected chi connectivity index (χ2v) is 4.75. The monoisotopic (exact) mass is 285 g/mol. The Morgan fingerprint density at radius 1 is 1.00 bits per heavy atom. The Hall–Kier alpha value is -1.55. The molecule has 1 aromatic carbocycles. The van der Waals surface area contributed by atoms with E-state index in [2.05, 4.69) is 4.98 Å². The van der Waals surface area contributed by atoms with Crippen molar-refractivity contribution in [3.05, 3.63) is 52.2 Å². The quantitative estimate of drug-likeness (QED) is 0.669. The second kappa shape index (κ2) is 4.85. The van der Waals surface area contributed by atoms with Crippen LogP contribution in [0.5, 0.6) is 0 Å². The minimum absolute atomic E-state index is 0.164. The highest BCUT2D eigenvalue weighted by Gasteiger charge is 2.31. The summed E-state index contributed by atoms with van der Waals surface area (Å²) in [6.07, 6.45) is -4.43. The van der Waals surface area contributed by atoms with Gasteiger partial charge in [-0.25, -0.2) is 4.98 Å². The summed E-state index contributed by atoms with van der Waals surface area (Å²) in [5, 5.41) is -0.164. The van der Waals surface area contributed by atoms with Crippen LogP contribution in [0.15, 0.2) is 30.3 Å². The first-order valence-corrected chi connectivity index (χ1v) is 5.97. The van der Waals surface area contributed by atoms with Gasteiger partial charge >= 0.3 is 6.18 Å². The summed E-state index contributed by atoms with van der Waals surface area (Å²) in [7, 11) is 0. The lowest BCUT2D eigenvalue weighted by Crippen LogP contribution is -2.05. The van der Waals surface area contributed by atoms with Gasteiger partial charge in [0, 0.05) is 5.56 Å². The molecule has 0 radical (unpaired) electrons. The van der Waals surface area contributed by atoms with E-state index in [1.165, 1.54) is 0 Å². The van der Waals surface area contributed by atoms with Gasteiger partial charge in [-0.3, -0.25) is 0 Å². The molecule has 2 rings (SSSR count). The summed E-state index contributed by atoms with van der Waals surface area (Å²) in [6, 6.07) is 7.22. The van der Waals surface area contributed by atoms with E-state index in [0.717, 1.165) is 23.3 Å². The summed E-state index contributed by atoms with van der Waals surface area (Å²) in [4.78, 5) is 3.95. The number of nitrogens with zero attached hydrogens (tertiary/aromatic N) is 1. The molecule has 1 heterocycles. The summed E-state index contributed by atoms with van der Waals surface area (Å²) >= 11 is 5.67. The van der Waals surface area contributed by atoms with Gasteiger partial charge in [-0.2, -0.15) is 13.2 Å². The van der Waals surface area contributed by atoms with E-state index in [-0.39, 0.29) is 10.8 Å². The number of hydrogen-bond acceptors (Lipinski definition) is 1. The van der Waals surface area contributed by atoms with E-state index < -0.39 is 11.7 Å². The molecule has 0 saturated carbocycles. The predicted octanol–water partition coefficient (Wildman–Crippen LogP) is 5.04. The van der Waals surface area contributed by atoms with Gasteiger partial charge in [0.05, 0.1) is 11.3 Å². The molecule has 0 atom stereocenters. The maximum Gasteiger partial charge on any atom is 0.416 e. The number of pyridine rings is 1. The average molecular weight is 286 g/mol. The highest BCUT2D eigenvalue weighted by Crippen LogP contribution is 2.33. The van der Waals surface area contributed by atoms with E-state index >= 15 is 0 Å². The van der Waals surface area contributed by atoms with Crippen LogP contribution in [0.25, 0.3) is 11.3 Å². The molecule has 19 heavy (non-hydrogen) atoms. The Kier molecular flexibility index (Phi) is 3.54. The molecule has 1 nitrogen and oxygen atoms in total. The number of alkyl halides is 3. The van der Waals surface area contributed by atoms with Crippen molar-refractivity contribution in [2.75, 3.05) is 0 Å². The first kappa shape index (κ1) is 13.9. The standard InChI is InChI=1S/C14H11ClF3N/c1-8-3-4-10(5-9(8)2)12-6-11(14(16,17)18)7-13(15)19-12/h3-7H,1-2H3. The Bertz CT molecular complexity index is 621. The topological polar surface area (TPSA) is 12.9 Å². The maximum absolute atomic E-state index is 12.7. The van der Waals surface area contributed by atoms with Crippen LogP contribution < -0.4 is 0 Å². The van der Waals surface area contributed by atoms with E-state index in [0.29, 0.717) is 5.56 Å². The van der Waals surface area contributed by atoms with Crippen molar-refractivity contribution in [2.45, 2.75) is 20.0 Å². The van der Waals surface area contributed by atoms with Crippen LogP contribution >= 0.6 is 11.6 Å². The first-order valence-electron chi connectivity index (χ1n) is 5.60. The van der Waals surface area contributed by atoms with Gasteiger partial charge in [0.25, 0.3) is 0 Å². The van der Waals surface area contributed by atoms with Crippen LogP contribution in [0.3, 0.4) is 0 Å². The molecule has 0 saturated heterocycles. The zero-order valence-corrected chi connectivity index (χ0v) is 11.1. The maximum atomic E-state index is 12.7. The number of aryl methyl sites for hydroxylation is 2. The lowest BCUT2D eigenvalue weighted by molar-refractivity contribution is -0.137. The zero-order valence-electron chi connectivity index (χ0n) is 10.3. The molecule has 1 aromatic heterocycles. The van der Waals surface area contributed by atoms with Crippen molar-refractivity contribution >= 4 is 11.6 Å². The molecule has 0 aliphatic heterocycles. The molecule has 5 heteroatoms. The minimum Gasteiger partial charge on any atom is -0.236 e. The fraction of sp³-hybridized carbons (Fsp3) is 0.214. The summed E-state index contributed by atoms with van der Waals surface area (Å²) in [5.74, 6) is 0. The first-order chi connectivity index (χ1) is 8.77. The molecular weight excluding hydrogens is 275 g/mol. The van der Waals surface area contributed by atoms with Crippen LogP contribution in [-0.4, -0.2) is 4.98 Å². The Balaban J connectivity index is 2.56. The van der Waals surface area contributed by atoms with Crippen LogP contribution in [0.1, 0.15) is 16.7 Å². The van der Waals surface area contributed by atoms with Crippen molar-refractivity contribution in [3.8, 4) is 11.3 Å². The van der Waals surface area contributed by atoms with E-state index in [1.54, 1.807) is 12.1 Å². The normalized spacial score (nSPS) is 11.7. The van der Waals surface area contributed by atoms with Crippen LogP contribution in [0.4, 0.5) is 13.2 Å². The van der Waals surface area contributed by atoms with Crippen molar-refractivity contribution in [1.82, 2.24) is 4.98 Å². The Morgan fingerprint density at radius 2 is 1.68 bits per heavy atom. The van der Waals surface area contributed by atoms with Gasteiger partial charge in [0.15, 0.2) is 0 Å². The third-order valence-electron chi connectivity index (χ3n) is 2.92. The highest BCUT2D eigenvalue weighted by atomic mass is 35.5. The molecule has 0 unspecified atom stereocenters. The molecule has 0 fully saturated rings. The van der Waals surface area contributed by atoms with Gasteiger partial charge < -0.3 is 0 Å². The molecule has 2 aromatic rings. The number of halogens is 4.